The van der Waals surface area contributed by atoms with E-state index in [0.29, 0.717) is 6.54 Å². The van der Waals surface area contributed by atoms with Crippen molar-refractivity contribution in [2.75, 3.05) is 20.3 Å². The number of carbonyl (C=O) groups excluding carboxylic acids is 2. The van der Waals surface area contributed by atoms with E-state index in [2.05, 4.69) is 20.7 Å². The number of carbonyl (C=O) groups is 3. The number of rotatable bonds is 8. The third-order valence-electron chi connectivity index (χ3n) is 2.23. The summed E-state index contributed by atoms with van der Waals surface area (Å²) in [5.74, 6) is -1.53. The highest BCUT2D eigenvalue weighted by Crippen LogP contribution is 1.88. The Morgan fingerprint density at radius 3 is 2.37 bits per heavy atom. The fraction of sp³-hybridized carbons (Fsp3) is 0.727. The lowest BCUT2D eigenvalue weighted by Crippen LogP contribution is -2.53. The molecule has 8 heteroatoms. The second kappa shape index (κ2) is 9.15. The van der Waals surface area contributed by atoms with E-state index in [0.717, 1.165) is 6.42 Å². The Labute approximate surface area is 111 Å². The lowest BCUT2D eigenvalue weighted by molar-refractivity contribution is -0.140. The second-order valence-electron chi connectivity index (χ2n) is 3.98. The van der Waals surface area contributed by atoms with Crippen LogP contribution >= 0.6 is 0 Å². The second-order valence-corrected chi connectivity index (χ2v) is 3.98. The molecule has 0 bridgehead atoms. The molecule has 3 amide bonds. The summed E-state index contributed by atoms with van der Waals surface area (Å²) in [5.41, 5.74) is 0. The molecule has 0 fully saturated rings. The molecule has 0 aromatic rings. The molecule has 0 aliphatic rings. The van der Waals surface area contributed by atoms with E-state index in [1.54, 1.807) is 0 Å². The fourth-order valence-corrected chi connectivity index (χ4v) is 1.20. The maximum absolute atomic E-state index is 11.5. The summed E-state index contributed by atoms with van der Waals surface area (Å²) in [6.45, 7) is 3.79. The van der Waals surface area contributed by atoms with Crippen molar-refractivity contribution in [3.63, 3.8) is 0 Å². The van der Waals surface area contributed by atoms with Gasteiger partial charge in [0.2, 0.25) is 5.91 Å². The van der Waals surface area contributed by atoms with Crippen LogP contribution < -0.4 is 16.0 Å². The maximum atomic E-state index is 11.5. The number of hydrogen-bond donors (Lipinski definition) is 4. The summed E-state index contributed by atoms with van der Waals surface area (Å²) in [7, 11) is 1.33. The number of carboxylic acid groups (broad SMARTS) is 1. The van der Waals surface area contributed by atoms with Gasteiger partial charge < -0.3 is 25.8 Å². The first-order chi connectivity index (χ1) is 8.92. The van der Waals surface area contributed by atoms with E-state index in [1.807, 2.05) is 6.92 Å². The third kappa shape index (κ3) is 7.24. The molecule has 8 nitrogen and oxygen atoms in total. The average molecular weight is 275 g/mol. The van der Waals surface area contributed by atoms with Crippen molar-refractivity contribution in [1.29, 1.82) is 0 Å². The molecule has 0 heterocycles. The van der Waals surface area contributed by atoms with E-state index >= 15 is 0 Å². The molecular weight excluding hydrogens is 254 g/mol. The van der Waals surface area contributed by atoms with Gasteiger partial charge in [-0.2, -0.15) is 0 Å². The van der Waals surface area contributed by atoms with E-state index < -0.39 is 24.1 Å². The lowest BCUT2D eigenvalue weighted by Gasteiger charge is -2.17. The number of hydrogen-bond acceptors (Lipinski definition) is 4. The van der Waals surface area contributed by atoms with Crippen LogP contribution in [0.2, 0.25) is 0 Å². The Hall–Kier alpha value is -1.83. The van der Waals surface area contributed by atoms with Gasteiger partial charge >= 0.3 is 12.0 Å². The monoisotopic (exact) mass is 275 g/mol. The summed E-state index contributed by atoms with van der Waals surface area (Å²) < 4.78 is 4.67. The Morgan fingerprint density at radius 1 is 1.26 bits per heavy atom. The average Bonchev–Trinajstić information content (AvgIpc) is 2.34. The molecule has 110 valence electrons. The third-order valence-corrected chi connectivity index (χ3v) is 2.23. The largest absolute Gasteiger partial charge is 0.480 e. The van der Waals surface area contributed by atoms with Crippen LogP contribution in [-0.4, -0.2) is 55.4 Å². The van der Waals surface area contributed by atoms with Crippen LogP contribution in [0, 0.1) is 0 Å². The molecule has 0 spiro atoms. The summed E-state index contributed by atoms with van der Waals surface area (Å²) >= 11 is 0. The highest BCUT2D eigenvalue weighted by Gasteiger charge is 2.21. The van der Waals surface area contributed by atoms with Crippen LogP contribution in [0.15, 0.2) is 0 Å². The lowest BCUT2D eigenvalue weighted by atomic mass is 10.3. The molecule has 0 saturated heterocycles. The van der Waals surface area contributed by atoms with Gasteiger partial charge in [0, 0.05) is 13.7 Å². The number of nitrogens with one attached hydrogen (secondary N) is 3. The molecule has 2 atom stereocenters. The summed E-state index contributed by atoms with van der Waals surface area (Å²) in [6.07, 6.45) is 0.791. The number of carboxylic acids is 1. The van der Waals surface area contributed by atoms with Crippen molar-refractivity contribution in [3.8, 4) is 0 Å². The van der Waals surface area contributed by atoms with E-state index in [1.165, 1.54) is 14.0 Å². The number of urea groups is 1. The molecule has 2 unspecified atom stereocenters. The Bertz CT molecular complexity index is 321. The van der Waals surface area contributed by atoms with E-state index in [-0.39, 0.29) is 12.5 Å². The van der Waals surface area contributed by atoms with Crippen molar-refractivity contribution in [1.82, 2.24) is 16.0 Å². The Morgan fingerprint density at radius 2 is 1.89 bits per heavy atom. The number of amides is 3. The number of methoxy groups -OCH3 is 1. The zero-order chi connectivity index (χ0) is 14.8. The SMILES string of the molecule is CCCNC(=O)C(C)NC(=O)NC(COC)C(=O)O. The van der Waals surface area contributed by atoms with Gasteiger partial charge in [-0.05, 0) is 13.3 Å². The molecule has 0 aromatic carbocycles. The van der Waals surface area contributed by atoms with E-state index in [4.69, 9.17) is 5.11 Å². The molecule has 0 radical (unpaired) electrons. The van der Waals surface area contributed by atoms with Crippen LogP contribution in [0.3, 0.4) is 0 Å². The van der Waals surface area contributed by atoms with Crippen LogP contribution in [0.1, 0.15) is 20.3 Å². The summed E-state index contributed by atoms with van der Waals surface area (Å²) in [6, 6.07) is -2.64. The van der Waals surface area contributed by atoms with Gasteiger partial charge in [-0.3, -0.25) is 4.79 Å². The first-order valence-electron chi connectivity index (χ1n) is 5.98. The standard InChI is InChI=1S/C11H21N3O5/c1-4-5-12-9(15)7(2)13-11(18)14-8(6-19-3)10(16)17/h7-8H,4-6H2,1-3H3,(H,12,15)(H,16,17)(H2,13,14,18). The summed E-state index contributed by atoms with van der Waals surface area (Å²) in [4.78, 5) is 33.8. The molecule has 0 aromatic heterocycles. The highest BCUT2D eigenvalue weighted by atomic mass is 16.5. The van der Waals surface area contributed by atoms with Crippen molar-refractivity contribution in [2.45, 2.75) is 32.4 Å². The van der Waals surface area contributed by atoms with Gasteiger partial charge in [0.1, 0.15) is 6.04 Å². The predicted octanol–water partition coefficient (Wildman–Crippen LogP) is -0.700. The Balaban J connectivity index is 4.21. The molecule has 0 rings (SSSR count). The molecule has 4 N–H and O–H groups in total. The number of aliphatic carboxylic acids is 1. The molecule has 0 aliphatic heterocycles. The predicted molar refractivity (Wildman–Crippen MR) is 67.7 cm³/mol. The van der Waals surface area contributed by atoms with Crippen molar-refractivity contribution >= 4 is 17.9 Å². The smallest absolute Gasteiger partial charge is 0.328 e. The quantitative estimate of drug-likeness (QED) is 0.467. The van der Waals surface area contributed by atoms with Crippen LogP contribution in [0.4, 0.5) is 4.79 Å². The van der Waals surface area contributed by atoms with Crippen molar-refractivity contribution < 1.29 is 24.2 Å². The van der Waals surface area contributed by atoms with Crippen molar-refractivity contribution in [2.24, 2.45) is 0 Å². The van der Waals surface area contributed by atoms with Gasteiger partial charge in [-0.1, -0.05) is 6.92 Å². The highest BCUT2D eigenvalue weighted by molar-refractivity contribution is 5.88. The minimum absolute atomic E-state index is 0.154. The minimum atomic E-state index is -1.21. The van der Waals surface area contributed by atoms with Gasteiger partial charge in [0.15, 0.2) is 6.04 Å². The normalized spacial score (nSPS) is 13.2. The van der Waals surface area contributed by atoms with E-state index in [9.17, 15) is 14.4 Å². The zero-order valence-electron chi connectivity index (χ0n) is 11.4. The number of ether oxygens (including phenoxy) is 1. The van der Waals surface area contributed by atoms with Crippen molar-refractivity contribution in [3.05, 3.63) is 0 Å². The minimum Gasteiger partial charge on any atom is -0.480 e. The molecule has 0 saturated carbocycles. The van der Waals surface area contributed by atoms with Crippen LogP contribution in [0.25, 0.3) is 0 Å². The topological polar surface area (TPSA) is 117 Å². The zero-order valence-corrected chi connectivity index (χ0v) is 11.4. The van der Waals surface area contributed by atoms with Gasteiger partial charge in [-0.15, -0.1) is 0 Å². The first-order valence-corrected chi connectivity index (χ1v) is 5.98. The van der Waals surface area contributed by atoms with Crippen LogP contribution in [0.5, 0.6) is 0 Å². The first kappa shape index (κ1) is 17.2. The van der Waals surface area contributed by atoms with Crippen LogP contribution in [-0.2, 0) is 14.3 Å². The maximum Gasteiger partial charge on any atom is 0.328 e. The summed E-state index contributed by atoms with van der Waals surface area (Å²) in [5, 5.41) is 16.0. The van der Waals surface area contributed by atoms with Gasteiger partial charge in [0.25, 0.3) is 0 Å². The fourth-order valence-electron chi connectivity index (χ4n) is 1.20. The molecule has 0 aliphatic carbocycles. The molecule has 19 heavy (non-hydrogen) atoms. The molecular formula is C11H21N3O5. The van der Waals surface area contributed by atoms with Gasteiger partial charge in [0.05, 0.1) is 6.61 Å². The van der Waals surface area contributed by atoms with Gasteiger partial charge in [-0.25, -0.2) is 9.59 Å². The Kier molecular flexibility index (Phi) is 8.27.